The highest BCUT2D eigenvalue weighted by Gasteiger charge is 2.16. The molecular weight excluding hydrogens is 328 g/mol. The SMILES string of the molecule is Cc1ccccc1NC(=O)c1cc2nccc(-c3cnn(C)c3C)n2n1. The number of para-hydroxylation sites is 1. The summed E-state index contributed by atoms with van der Waals surface area (Å²) >= 11 is 0. The predicted octanol–water partition coefficient (Wildman–Crippen LogP) is 3.00. The maximum atomic E-state index is 12.6. The lowest BCUT2D eigenvalue weighted by Crippen LogP contribution is -2.13. The van der Waals surface area contributed by atoms with Gasteiger partial charge in [-0.25, -0.2) is 9.50 Å². The Morgan fingerprint density at radius 1 is 1.15 bits per heavy atom. The minimum Gasteiger partial charge on any atom is -0.320 e. The summed E-state index contributed by atoms with van der Waals surface area (Å²) in [5, 5.41) is 11.7. The van der Waals surface area contributed by atoms with E-state index in [9.17, 15) is 4.79 Å². The summed E-state index contributed by atoms with van der Waals surface area (Å²) in [6.45, 7) is 3.94. The molecule has 0 aliphatic rings. The Morgan fingerprint density at radius 3 is 2.69 bits per heavy atom. The Hall–Kier alpha value is -3.48. The van der Waals surface area contributed by atoms with Crippen LogP contribution in [0.5, 0.6) is 0 Å². The van der Waals surface area contributed by atoms with Crippen molar-refractivity contribution in [1.82, 2.24) is 24.4 Å². The molecule has 3 aromatic heterocycles. The topological polar surface area (TPSA) is 77.1 Å². The average molecular weight is 346 g/mol. The van der Waals surface area contributed by atoms with Crippen molar-refractivity contribution in [3.8, 4) is 11.3 Å². The van der Waals surface area contributed by atoms with E-state index >= 15 is 0 Å². The van der Waals surface area contributed by atoms with Gasteiger partial charge in [0.05, 0.1) is 11.9 Å². The quantitative estimate of drug-likeness (QED) is 0.619. The Kier molecular flexibility index (Phi) is 3.76. The maximum absolute atomic E-state index is 12.6. The molecule has 0 aliphatic heterocycles. The van der Waals surface area contributed by atoms with E-state index in [0.29, 0.717) is 11.3 Å². The predicted molar refractivity (Wildman–Crippen MR) is 99.1 cm³/mol. The van der Waals surface area contributed by atoms with E-state index in [4.69, 9.17) is 0 Å². The van der Waals surface area contributed by atoms with Crippen LogP contribution >= 0.6 is 0 Å². The van der Waals surface area contributed by atoms with Crippen molar-refractivity contribution in [1.29, 1.82) is 0 Å². The van der Waals surface area contributed by atoms with Crippen LogP contribution in [-0.4, -0.2) is 30.3 Å². The molecule has 0 radical (unpaired) electrons. The van der Waals surface area contributed by atoms with E-state index in [1.54, 1.807) is 27.7 Å². The molecule has 7 nitrogen and oxygen atoms in total. The second kappa shape index (κ2) is 6.11. The number of carbonyl (C=O) groups is 1. The van der Waals surface area contributed by atoms with Gasteiger partial charge in [0.2, 0.25) is 0 Å². The first-order chi connectivity index (χ1) is 12.5. The lowest BCUT2D eigenvalue weighted by atomic mass is 10.2. The highest BCUT2D eigenvalue weighted by Crippen LogP contribution is 2.23. The van der Waals surface area contributed by atoms with Gasteiger partial charge in [-0.1, -0.05) is 18.2 Å². The van der Waals surface area contributed by atoms with Crippen molar-refractivity contribution in [3.05, 3.63) is 65.7 Å². The van der Waals surface area contributed by atoms with Gasteiger partial charge in [-0.2, -0.15) is 10.2 Å². The smallest absolute Gasteiger partial charge is 0.276 e. The zero-order valence-electron chi connectivity index (χ0n) is 14.8. The first-order valence-electron chi connectivity index (χ1n) is 8.25. The highest BCUT2D eigenvalue weighted by molar-refractivity contribution is 6.03. The van der Waals surface area contributed by atoms with Gasteiger partial charge in [-0.3, -0.25) is 9.48 Å². The lowest BCUT2D eigenvalue weighted by Gasteiger charge is -2.06. The van der Waals surface area contributed by atoms with Gasteiger partial charge in [0, 0.05) is 36.3 Å². The molecule has 1 N–H and O–H groups in total. The first kappa shape index (κ1) is 16.0. The Labute approximate surface area is 150 Å². The fourth-order valence-electron chi connectivity index (χ4n) is 2.86. The van der Waals surface area contributed by atoms with E-state index in [1.165, 1.54) is 0 Å². The van der Waals surface area contributed by atoms with E-state index in [0.717, 1.165) is 28.2 Å². The minimum absolute atomic E-state index is 0.265. The number of benzene rings is 1. The molecule has 0 aliphatic carbocycles. The number of anilines is 1. The molecule has 4 rings (SSSR count). The van der Waals surface area contributed by atoms with Crippen molar-refractivity contribution >= 4 is 17.2 Å². The lowest BCUT2D eigenvalue weighted by molar-refractivity contribution is 0.102. The summed E-state index contributed by atoms with van der Waals surface area (Å²) in [5.74, 6) is -0.265. The summed E-state index contributed by atoms with van der Waals surface area (Å²) in [7, 11) is 1.89. The van der Waals surface area contributed by atoms with Gasteiger partial charge in [0.15, 0.2) is 11.3 Å². The van der Waals surface area contributed by atoms with Crippen LogP contribution in [-0.2, 0) is 7.05 Å². The van der Waals surface area contributed by atoms with Crippen molar-refractivity contribution in [2.45, 2.75) is 13.8 Å². The fourth-order valence-corrected chi connectivity index (χ4v) is 2.86. The van der Waals surface area contributed by atoms with Crippen molar-refractivity contribution in [2.75, 3.05) is 5.32 Å². The normalized spacial score (nSPS) is 11.0. The molecule has 0 fully saturated rings. The molecule has 0 spiro atoms. The number of amides is 1. The van der Waals surface area contributed by atoms with Crippen LogP contribution in [0.2, 0.25) is 0 Å². The molecule has 1 amide bonds. The third-order valence-electron chi connectivity index (χ3n) is 4.50. The largest absolute Gasteiger partial charge is 0.320 e. The van der Waals surface area contributed by atoms with E-state index in [1.807, 2.05) is 51.2 Å². The second-order valence-electron chi connectivity index (χ2n) is 6.17. The molecule has 0 unspecified atom stereocenters. The van der Waals surface area contributed by atoms with Gasteiger partial charge in [0.25, 0.3) is 5.91 Å². The average Bonchev–Trinajstić information content (AvgIpc) is 3.21. The summed E-state index contributed by atoms with van der Waals surface area (Å²) in [4.78, 5) is 16.9. The molecule has 0 saturated carbocycles. The van der Waals surface area contributed by atoms with E-state index < -0.39 is 0 Å². The third-order valence-corrected chi connectivity index (χ3v) is 4.50. The van der Waals surface area contributed by atoms with Gasteiger partial charge < -0.3 is 5.32 Å². The summed E-state index contributed by atoms with van der Waals surface area (Å²) in [6, 6.07) is 11.2. The summed E-state index contributed by atoms with van der Waals surface area (Å²) in [6.07, 6.45) is 3.50. The first-order valence-corrected chi connectivity index (χ1v) is 8.25. The molecule has 4 aromatic rings. The minimum atomic E-state index is -0.265. The molecule has 130 valence electrons. The molecule has 3 heterocycles. The van der Waals surface area contributed by atoms with E-state index in [-0.39, 0.29) is 5.91 Å². The number of carbonyl (C=O) groups excluding carboxylic acids is 1. The van der Waals surface area contributed by atoms with Gasteiger partial charge >= 0.3 is 0 Å². The number of rotatable bonds is 3. The van der Waals surface area contributed by atoms with Gasteiger partial charge in [0.1, 0.15) is 0 Å². The zero-order chi connectivity index (χ0) is 18.3. The number of aryl methyl sites for hydroxylation is 2. The number of hydrogen-bond donors (Lipinski definition) is 1. The molecule has 0 bridgehead atoms. The van der Waals surface area contributed by atoms with Crippen LogP contribution in [0.15, 0.2) is 48.8 Å². The van der Waals surface area contributed by atoms with Crippen LogP contribution in [0.4, 0.5) is 5.69 Å². The number of hydrogen-bond acceptors (Lipinski definition) is 4. The van der Waals surface area contributed by atoms with Crippen molar-refractivity contribution < 1.29 is 4.79 Å². The number of nitrogens with zero attached hydrogens (tertiary/aromatic N) is 5. The molecule has 0 atom stereocenters. The Bertz CT molecular complexity index is 1120. The number of aromatic nitrogens is 5. The maximum Gasteiger partial charge on any atom is 0.276 e. The van der Waals surface area contributed by atoms with Crippen LogP contribution in [0.1, 0.15) is 21.7 Å². The number of fused-ring (bicyclic) bond motifs is 1. The zero-order valence-corrected chi connectivity index (χ0v) is 14.8. The number of nitrogens with one attached hydrogen (secondary N) is 1. The van der Waals surface area contributed by atoms with Gasteiger partial charge in [-0.05, 0) is 31.5 Å². The summed E-state index contributed by atoms with van der Waals surface area (Å²) < 4.78 is 3.48. The molecule has 0 saturated heterocycles. The van der Waals surface area contributed by atoms with Crippen LogP contribution < -0.4 is 5.32 Å². The highest BCUT2D eigenvalue weighted by atomic mass is 16.1. The van der Waals surface area contributed by atoms with Crippen LogP contribution in [0.25, 0.3) is 16.9 Å². The third kappa shape index (κ3) is 2.63. The summed E-state index contributed by atoms with van der Waals surface area (Å²) in [5.41, 5.74) is 5.50. The van der Waals surface area contributed by atoms with Gasteiger partial charge in [-0.15, -0.1) is 0 Å². The monoisotopic (exact) mass is 346 g/mol. The second-order valence-corrected chi connectivity index (χ2v) is 6.17. The van der Waals surface area contributed by atoms with Crippen molar-refractivity contribution in [3.63, 3.8) is 0 Å². The van der Waals surface area contributed by atoms with Crippen LogP contribution in [0.3, 0.4) is 0 Å². The molecule has 26 heavy (non-hydrogen) atoms. The standard InChI is InChI=1S/C19H18N6O/c1-12-6-4-5-7-15(12)22-19(26)16-10-18-20-9-8-17(25(18)23-16)14-11-21-24(3)13(14)2/h4-11H,1-3H3,(H,22,26). The Balaban J connectivity index is 1.74. The van der Waals surface area contributed by atoms with Crippen LogP contribution in [0, 0.1) is 13.8 Å². The fraction of sp³-hybridized carbons (Fsp3) is 0.158. The molecule has 7 heteroatoms. The molecular formula is C19H18N6O. The Morgan fingerprint density at radius 2 is 1.96 bits per heavy atom. The van der Waals surface area contributed by atoms with E-state index in [2.05, 4.69) is 20.5 Å². The molecule has 1 aromatic carbocycles. The van der Waals surface area contributed by atoms with Crippen molar-refractivity contribution in [2.24, 2.45) is 7.05 Å².